The lowest BCUT2D eigenvalue weighted by atomic mass is 10.1. The maximum Gasteiger partial charge on any atom is 0.264 e. The van der Waals surface area contributed by atoms with Gasteiger partial charge in [0.15, 0.2) is 5.82 Å². The Morgan fingerprint density at radius 3 is 2.58 bits per heavy atom. The fourth-order valence-electron chi connectivity index (χ4n) is 1.54. The van der Waals surface area contributed by atoms with Crippen molar-refractivity contribution in [3.05, 3.63) is 40.5 Å². The lowest BCUT2D eigenvalue weighted by molar-refractivity contribution is 0.600. The molecule has 2 rings (SSSR count). The van der Waals surface area contributed by atoms with Crippen LogP contribution in [0.5, 0.6) is 0 Å². The quantitative estimate of drug-likeness (QED) is 0.895. The Morgan fingerprint density at radius 2 is 2.00 bits per heavy atom. The highest BCUT2D eigenvalue weighted by atomic mass is 79.9. The highest BCUT2D eigenvalue weighted by molar-refractivity contribution is 9.10. The fourth-order valence-corrected chi connectivity index (χ4v) is 3.54. The van der Waals surface area contributed by atoms with E-state index in [1.54, 1.807) is 24.3 Å². The van der Waals surface area contributed by atoms with Gasteiger partial charge in [-0.1, -0.05) is 26.0 Å². The topological polar surface area (TPSA) is 74.8 Å². The van der Waals surface area contributed by atoms with Crippen LogP contribution >= 0.6 is 15.9 Å². The number of hydrogen-bond donors (Lipinski definition) is 2. The summed E-state index contributed by atoms with van der Waals surface area (Å²) in [5, 5.41) is 6.75. The lowest BCUT2D eigenvalue weighted by Crippen LogP contribution is -2.13. The van der Waals surface area contributed by atoms with E-state index in [2.05, 4.69) is 30.8 Å². The smallest absolute Gasteiger partial charge is 0.264 e. The Balaban J connectivity index is 2.29. The lowest BCUT2D eigenvalue weighted by Gasteiger charge is -2.06. The number of hydrogen-bond acceptors (Lipinski definition) is 3. The molecule has 0 aliphatic carbocycles. The number of anilines is 1. The van der Waals surface area contributed by atoms with Crippen LogP contribution in [-0.2, 0) is 10.0 Å². The van der Waals surface area contributed by atoms with Crippen molar-refractivity contribution >= 4 is 31.8 Å². The number of nitrogens with zero attached hydrogens (tertiary/aromatic N) is 1. The number of aromatic nitrogens is 2. The van der Waals surface area contributed by atoms with Gasteiger partial charge in [-0.05, 0) is 34.0 Å². The second-order valence-corrected chi connectivity index (χ2v) is 6.90. The molecule has 0 radical (unpaired) electrons. The Bertz CT molecular complexity index is 680. The van der Waals surface area contributed by atoms with E-state index in [0.717, 1.165) is 5.69 Å². The van der Waals surface area contributed by atoms with Crippen LogP contribution in [0, 0.1) is 0 Å². The molecule has 0 amide bonds. The molecule has 1 aromatic carbocycles. The molecule has 0 saturated heterocycles. The first-order valence-corrected chi connectivity index (χ1v) is 8.00. The van der Waals surface area contributed by atoms with E-state index in [9.17, 15) is 8.42 Å². The SMILES string of the molecule is CC(C)c1cc(NS(=O)(=O)c2ccccc2Br)n[nH]1. The number of aromatic amines is 1. The van der Waals surface area contributed by atoms with Gasteiger partial charge in [-0.25, -0.2) is 8.42 Å². The van der Waals surface area contributed by atoms with Crippen molar-refractivity contribution in [1.82, 2.24) is 10.2 Å². The van der Waals surface area contributed by atoms with E-state index in [1.807, 2.05) is 13.8 Å². The molecule has 1 aromatic heterocycles. The molecule has 0 fully saturated rings. The van der Waals surface area contributed by atoms with Crippen LogP contribution in [0.1, 0.15) is 25.5 Å². The predicted octanol–water partition coefficient (Wildman–Crippen LogP) is 3.10. The van der Waals surface area contributed by atoms with Gasteiger partial charge in [0, 0.05) is 16.2 Å². The second kappa shape index (κ2) is 5.34. The average molecular weight is 344 g/mol. The van der Waals surface area contributed by atoms with Crippen LogP contribution in [0.4, 0.5) is 5.82 Å². The van der Waals surface area contributed by atoms with Crippen LogP contribution in [0.2, 0.25) is 0 Å². The summed E-state index contributed by atoms with van der Waals surface area (Å²) in [6.45, 7) is 4.00. The number of sulfonamides is 1. The molecule has 2 aromatic rings. The maximum atomic E-state index is 12.2. The van der Waals surface area contributed by atoms with E-state index < -0.39 is 10.0 Å². The van der Waals surface area contributed by atoms with E-state index in [-0.39, 0.29) is 10.8 Å². The minimum absolute atomic E-state index is 0.184. The first-order chi connectivity index (χ1) is 8.90. The molecule has 1 heterocycles. The van der Waals surface area contributed by atoms with Crippen LogP contribution in [0.25, 0.3) is 0 Å². The third-order valence-corrected chi connectivity index (χ3v) is 4.95. The minimum Gasteiger partial charge on any atom is -0.280 e. The van der Waals surface area contributed by atoms with Gasteiger partial charge < -0.3 is 0 Å². The standard InChI is InChI=1S/C12H14BrN3O2S/c1-8(2)10-7-12(15-14-10)16-19(17,18)11-6-4-3-5-9(11)13/h3-8H,1-2H3,(H2,14,15,16). The van der Waals surface area contributed by atoms with E-state index in [1.165, 1.54) is 6.07 Å². The van der Waals surface area contributed by atoms with Gasteiger partial charge in [0.2, 0.25) is 0 Å². The molecule has 0 aliphatic rings. The van der Waals surface area contributed by atoms with E-state index in [0.29, 0.717) is 10.3 Å². The van der Waals surface area contributed by atoms with Gasteiger partial charge in [0.1, 0.15) is 4.90 Å². The van der Waals surface area contributed by atoms with Crippen molar-refractivity contribution < 1.29 is 8.42 Å². The minimum atomic E-state index is -3.64. The first-order valence-electron chi connectivity index (χ1n) is 5.73. The molecule has 2 N–H and O–H groups in total. The number of H-pyrrole nitrogens is 1. The van der Waals surface area contributed by atoms with Gasteiger partial charge in [-0.15, -0.1) is 0 Å². The van der Waals surface area contributed by atoms with E-state index >= 15 is 0 Å². The Hall–Kier alpha value is -1.34. The molecule has 102 valence electrons. The van der Waals surface area contributed by atoms with Crippen molar-refractivity contribution in [1.29, 1.82) is 0 Å². The molecule has 0 saturated carbocycles. The zero-order chi connectivity index (χ0) is 14.0. The fraction of sp³-hybridized carbons (Fsp3) is 0.250. The molecule has 7 heteroatoms. The molecular weight excluding hydrogens is 330 g/mol. The number of halogens is 1. The van der Waals surface area contributed by atoms with Gasteiger partial charge >= 0.3 is 0 Å². The second-order valence-electron chi connectivity index (χ2n) is 4.40. The Labute approximate surface area is 120 Å². The van der Waals surface area contributed by atoms with Crippen molar-refractivity contribution in [3.63, 3.8) is 0 Å². The van der Waals surface area contributed by atoms with Crippen LogP contribution < -0.4 is 4.72 Å². The molecule has 0 atom stereocenters. The van der Waals surface area contributed by atoms with Gasteiger partial charge in [-0.3, -0.25) is 9.82 Å². The van der Waals surface area contributed by atoms with Crippen LogP contribution in [0.3, 0.4) is 0 Å². The van der Waals surface area contributed by atoms with Crippen LogP contribution in [0.15, 0.2) is 39.7 Å². The first kappa shape index (κ1) is 14.1. The van der Waals surface area contributed by atoms with Crippen molar-refractivity contribution in [2.45, 2.75) is 24.7 Å². The predicted molar refractivity (Wildman–Crippen MR) is 77.6 cm³/mol. The van der Waals surface area contributed by atoms with Crippen molar-refractivity contribution in [2.24, 2.45) is 0 Å². The number of rotatable bonds is 4. The van der Waals surface area contributed by atoms with Crippen molar-refractivity contribution in [2.75, 3.05) is 4.72 Å². The number of benzene rings is 1. The third kappa shape index (κ3) is 3.16. The summed E-state index contributed by atoms with van der Waals surface area (Å²) in [5.74, 6) is 0.550. The van der Waals surface area contributed by atoms with Gasteiger partial charge in [-0.2, -0.15) is 5.10 Å². The highest BCUT2D eigenvalue weighted by Crippen LogP contribution is 2.24. The summed E-state index contributed by atoms with van der Waals surface area (Å²) in [5.41, 5.74) is 0.879. The molecule has 0 spiro atoms. The normalized spacial score (nSPS) is 11.8. The highest BCUT2D eigenvalue weighted by Gasteiger charge is 2.18. The summed E-state index contributed by atoms with van der Waals surface area (Å²) < 4.78 is 27.4. The molecular formula is C12H14BrN3O2S. The molecule has 5 nitrogen and oxygen atoms in total. The number of nitrogens with one attached hydrogen (secondary N) is 2. The summed E-state index contributed by atoms with van der Waals surface area (Å²) in [4.78, 5) is 0.184. The molecule has 19 heavy (non-hydrogen) atoms. The third-order valence-electron chi connectivity index (χ3n) is 2.58. The zero-order valence-corrected chi connectivity index (χ0v) is 12.9. The van der Waals surface area contributed by atoms with Crippen LogP contribution in [-0.4, -0.2) is 18.6 Å². The largest absolute Gasteiger partial charge is 0.280 e. The zero-order valence-electron chi connectivity index (χ0n) is 10.5. The average Bonchev–Trinajstić information content (AvgIpc) is 2.77. The Kier molecular flexibility index (Phi) is 3.96. The monoisotopic (exact) mass is 343 g/mol. The summed E-state index contributed by atoms with van der Waals surface area (Å²) in [6, 6.07) is 8.33. The maximum absolute atomic E-state index is 12.2. The van der Waals surface area contributed by atoms with Gasteiger partial charge in [0.25, 0.3) is 10.0 Å². The Morgan fingerprint density at radius 1 is 1.32 bits per heavy atom. The molecule has 0 bridgehead atoms. The van der Waals surface area contributed by atoms with Crippen molar-refractivity contribution in [3.8, 4) is 0 Å². The molecule has 0 unspecified atom stereocenters. The molecule has 0 aliphatic heterocycles. The van der Waals surface area contributed by atoms with Gasteiger partial charge in [0.05, 0.1) is 0 Å². The summed E-state index contributed by atoms with van der Waals surface area (Å²) in [7, 11) is -3.64. The summed E-state index contributed by atoms with van der Waals surface area (Å²) >= 11 is 3.23. The summed E-state index contributed by atoms with van der Waals surface area (Å²) in [6.07, 6.45) is 0. The van der Waals surface area contributed by atoms with E-state index in [4.69, 9.17) is 0 Å².